The van der Waals surface area contributed by atoms with Crippen LogP contribution in [0.15, 0.2) is 0 Å². The summed E-state index contributed by atoms with van der Waals surface area (Å²) in [7, 11) is 3.76. The van der Waals surface area contributed by atoms with Crippen molar-refractivity contribution in [3.63, 3.8) is 0 Å². The molecule has 23 heavy (non-hydrogen) atoms. The molecule has 3 rings (SSSR count). The number of rotatable bonds is 4. The first-order valence-corrected chi connectivity index (χ1v) is 8.00. The molecule has 2 aromatic rings. The van der Waals surface area contributed by atoms with Crippen molar-refractivity contribution in [2.75, 3.05) is 49.3 Å². The van der Waals surface area contributed by atoms with Crippen LogP contribution >= 0.6 is 0 Å². The highest BCUT2D eigenvalue weighted by Gasteiger charge is 2.20. The maximum absolute atomic E-state index is 6.17. The smallest absolute Gasteiger partial charge is 0.231 e. The van der Waals surface area contributed by atoms with Crippen LogP contribution in [0.1, 0.15) is 26.2 Å². The van der Waals surface area contributed by atoms with Crippen LogP contribution in [-0.2, 0) is 0 Å². The zero-order chi connectivity index (χ0) is 16.4. The fourth-order valence-corrected chi connectivity index (χ4v) is 2.68. The van der Waals surface area contributed by atoms with Crippen molar-refractivity contribution < 1.29 is 4.74 Å². The van der Waals surface area contributed by atoms with Crippen LogP contribution in [0.25, 0.3) is 11.0 Å². The highest BCUT2D eigenvalue weighted by molar-refractivity contribution is 5.91. The fraction of sp³-hybridized carbons (Fsp3) is 0.600. The van der Waals surface area contributed by atoms with E-state index < -0.39 is 0 Å². The van der Waals surface area contributed by atoms with E-state index in [1.807, 2.05) is 25.9 Å². The van der Waals surface area contributed by atoms with Gasteiger partial charge in [0, 0.05) is 27.2 Å². The Morgan fingerprint density at radius 3 is 2.48 bits per heavy atom. The molecule has 0 radical (unpaired) electrons. The minimum atomic E-state index is 0.365. The summed E-state index contributed by atoms with van der Waals surface area (Å²) < 4.78 is 5.62. The second-order valence-corrected chi connectivity index (χ2v) is 5.81. The summed E-state index contributed by atoms with van der Waals surface area (Å²) in [5.74, 6) is 1.98. The lowest BCUT2D eigenvalue weighted by atomic mass is 10.1. The molecule has 1 fully saturated rings. The zero-order valence-electron chi connectivity index (χ0n) is 13.9. The Balaban J connectivity index is 2.13. The van der Waals surface area contributed by atoms with Crippen molar-refractivity contribution in [3.8, 4) is 5.88 Å². The number of hydrogen-bond acceptors (Lipinski definition) is 8. The molecule has 3 heterocycles. The number of hydrogen-bond donors (Lipinski definition) is 1. The Morgan fingerprint density at radius 2 is 1.83 bits per heavy atom. The Morgan fingerprint density at radius 1 is 1.09 bits per heavy atom. The number of nitrogen functional groups attached to an aromatic ring is 1. The summed E-state index contributed by atoms with van der Waals surface area (Å²) in [5, 5.41) is 0.582. The minimum absolute atomic E-state index is 0.365. The van der Waals surface area contributed by atoms with Crippen LogP contribution in [0.3, 0.4) is 0 Å². The SMILES string of the molecule is CCOc1nc(N(C)C)nc2nc(N3CCCCC3)nc(N)c12. The lowest BCUT2D eigenvalue weighted by molar-refractivity contribution is 0.331. The van der Waals surface area contributed by atoms with E-state index in [0.29, 0.717) is 41.2 Å². The van der Waals surface area contributed by atoms with E-state index in [-0.39, 0.29) is 0 Å². The van der Waals surface area contributed by atoms with Gasteiger partial charge in [-0.25, -0.2) is 0 Å². The zero-order valence-corrected chi connectivity index (χ0v) is 13.9. The van der Waals surface area contributed by atoms with Crippen LogP contribution in [0.4, 0.5) is 17.7 Å². The predicted octanol–water partition coefficient (Wildman–Crippen LogP) is 1.46. The average Bonchev–Trinajstić information content (AvgIpc) is 2.55. The lowest BCUT2D eigenvalue weighted by Crippen LogP contribution is -2.31. The molecular weight excluding hydrogens is 294 g/mol. The Kier molecular flexibility index (Phi) is 4.31. The van der Waals surface area contributed by atoms with Gasteiger partial charge in [-0.15, -0.1) is 0 Å². The van der Waals surface area contributed by atoms with Gasteiger partial charge in [0.2, 0.25) is 17.8 Å². The maximum Gasteiger partial charge on any atom is 0.231 e. The van der Waals surface area contributed by atoms with E-state index in [2.05, 4.69) is 24.8 Å². The monoisotopic (exact) mass is 317 g/mol. The van der Waals surface area contributed by atoms with Gasteiger partial charge in [-0.05, 0) is 26.2 Å². The maximum atomic E-state index is 6.17. The van der Waals surface area contributed by atoms with Gasteiger partial charge in [-0.3, -0.25) is 0 Å². The normalized spacial score (nSPS) is 15.0. The molecule has 8 nitrogen and oxygen atoms in total. The molecule has 0 bridgehead atoms. The topological polar surface area (TPSA) is 93.3 Å². The number of ether oxygens (including phenoxy) is 1. The third kappa shape index (κ3) is 3.06. The van der Waals surface area contributed by atoms with Gasteiger partial charge in [-0.2, -0.15) is 19.9 Å². The van der Waals surface area contributed by atoms with Crippen LogP contribution in [0, 0.1) is 0 Å². The molecule has 0 aromatic carbocycles. The molecule has 0 spiro atoms. The van der Waals surface area contributed by atoms with E-state index in [9.17, 15) is 0 Å². The summed E-state index contributed by atoms with van der Waals surface area (Å²) in [6.07, 6.45) is 3.55. The molecule has 0 atom stereocenters. The Labute approximate surface area is 135 Å². The standard InChI is InChI=1S/C15H23N7O/c1-4-23-13-10-11(16)17-15(22-8-6-5-7-9-22)19-12(10)18-14(20-13)21(2)3/h4-9H2,1-3H3,(H2,16,17,18,19,20). The van der Waals surface area contributed by atoms with Crippen molar-refractivity contribution in [3.05, 3.63) is 0 Å². The first-order chi connectivity index (χ1) is 11.1. The van der Waals surface area contributed by atoms with Crippen LogP contribution < -0.4 is 20.3 Å². The molecule has 8 heteroatoms. The fourth-order valence-electron chi connectivity index (χ4n) is 2.68. The van der Waals surface area contributed by atoms with E-state index in [1.165, 1.54) is 6.42 Å². The number of anilines is 3. The number of aromatic nitrogens is 4. The molecule has 124 valence electrons. The summed E-state index contributed by atoms with van der Waals surface area (Å²) in [6, 6.07) is 0. The summed E-state index contributed by atoms with van der Waals surface area (Å²) in [5.41, 5.74) is 6.70. The number of nitrogens with zero attached hydrogens (tertiary/aromatic N) is 6. The molecule has 1 aliphatic heterocycles. The second kappa shape index (κ2) is 6.39. The molecule has 0 unspecified atom stereocenters. The quantitative estimate of drug-likeness (QED) is 0.906. The molecule has 2 N–H and O–H groups in total. The van der Waals surface area contributed by atoms with E-state index in [1.54, 1.807) is 0 Å². The van der Waals surface area contributed by atoms with Gasteiger partial charge in [-0.1, -0.05) is 0 Å². The highest BCUT2D eigenvalue weighted by Crippen LogP contribution is 2.30. The molecule has 1 aliphatic rings. The first-order valence-electron chi connectivity index (χ1n) is 8.00. The third-order valence-corrected chi connectivity index (χ3v) is 3.85. The van der Waals surface area contributed by atoms with E-state index in [0.717, 1.165) is 25.9 Å². The van der Waals surface area contributed by atoms with Gasteiger partial charge >= 0.3 is 0 Å². The molecule has 0 aliphatic carbocycles. The van der Waals surface area contributed by atoms with Gasteiger partial charge in [0.25, 0.3) is 0 Å². The van der Waals surface area contributed by atoms with Crippen molar-refractivity contribution >= 4 is 28.7 Å². The molecule has 1 saturated heterocycles. The van der Waals surface area contributed by atoms with Crippen LogP contribution in [-0.4, -0.2) is 53.7 Å². The molecular formula is C15H23N7O. The molecule has 0 amide bonds. The number of nitrogens with two attached hydrogens (primary N) is 1. The highest BCUT2D eigenvalue weighted by atomic mass is 16.5. The number of piperidine rings is 1. The van der Waals surface area contributed by atoms with Gasteiger partial charge < -0.3 is 20.3 Å². The van der Waals surface area contributed by atoms with Crippen molar-refractivity contribution in [2.24, 2.45) is 0 Å². The van der Waals surface area contributed by atoms with Gasteiger partial charge in [0.05, 0.1) is 6.61 Å². The van der Waals surface area contributed by atoms with Crippen molar-refractivity contribution in [1.29, 1.82) is 0 Å². The number of fused-ring (bicyclic) bond motifs is 1. The van der Waals surface area contributed by atoms with E-state index in [4.69, 9.17) is 10.5 Å². The summed E-state index contributed by atoms with van der Waals surface area (Å²) >= 11 is 0. The predicted molar refractivity (Wildman–Crippen MR) is 91.1 cm³/mol. The van der Waals surface area contributed by atoms with E-state index >= 15 is 0 Å². The average molecular weight is 317 g/mol. The lowest BCUT2D eigenvalue weighted by Gasteiger charge is -2.27. The van der Waals surface area contributed by atoms with Crippen molar-refractivity contribution in [1.82, 2.24) is 19.9 Å². The summed E-state index contributed by atoms with van der Waals surface area (Å²) in [4.78, 5) is 22.0. The second-order valence-electron chi connectivity index (χ2n) is 5.81. The molecule has 2 aromatic heterocycles. The minimum Gasteiger partial charge on any atom is -0.477 e. The largest absolute Gasteiger partial charge is 0.477 e. The van der Waals surface area contributed by atoms with Gasteiger partial charge in [0.15, 0.2) is 5.65 Å². The van der Waals surface area contributed by atoms with Crippen LogP contribution in [0.2, 0.25) is 0 Å². The Hall–Kier alpha value is -2.38. The van der Waals surface area contributed by atoms with Crippen LogP contribution in [0.5, 0.6) is 5.88 Å². The Bertz CT molecular complexity index is 698. The first kappa shape index (κ1) is 15.5. The van der Waals surface area contributed by atoms with Gasteiger partial charge in [0.1, 0.15) is 11.2 Å². The summed E-state index contributed by atoms with van der Waals surface area (Å²) in [6.45, 7) is 4.30. The van der Waals surface area contributed by atoms with Crippen molar-refractivity contribution in [2.45, 2.75) is 26.2 Å². The molecule has 0 saturated carbocycles. The third-order valence-electron chi connectivity index (χ3n) is 3.85.